The third-order valence-corrected chi connectivity index (χ3v) is 3.11. The minimum Gasteiger partial charge on any atom is -0.308 e. The summed E-state index contributed by atoms with van der Waals surface area (Å²) in [6.45, 7) is 3.82. The van der Waals surface area contributed by atoms with E-state index in [1.807, 2.05) is 19.9 Å². The van der Waals surface area contributed by atoms with Crippen LogP contribution in [0.25, 0.3) is 0 Å². The van der Waals surface area contributed by atoms with Crippen molar-refractivity contribution >= 4 is 0 Å². The average molecular weight is 262 g/mol. The minimum atomic E-state index is -0.596. The quantitative estimate of drug-likeness (QED) is 0.918. The second-order valence-corrected chi connectivity index (χ2v) is 4.57. The highest BCUT2D eigenvalue weighted by Crippen LogP contribution is 2.27. The summed E-state index contributed by atoms with van der Waals surface area (Å²) in [5.41, 5.74) is 2.56. The maximum Gasteiger partial charge on any atom is 0.131 e. The van der Waals surface area contributed by atoms with Crippen LogP contribution < -0.4 is 5.32 Å². The molecule has 1 aromatic carbocycles. The fourth-order valence-corrected chi connectivity index (χ4v) is 2.23. The summed E-state index contributed by atoms with van der Waals surface area (Å²) in [7, 11) is 1.66. The van der Waals surface area contributed by atoms with E-state index >= 15 is 0 Å². The van der Waals surface area contributed by atoms with E-state index in [-0.39, 0.29) is 5.56 Å². The number of aromatic nitrogens is 1. The maximum atomic E-state index is 13.9. The van der Waals surface area contributed by atoms with Gasteiger partial charge in [0.1, 0.15) is 11.6 Å². The van der Waals surface area contributed by atoms with Gasteiger partial charge in [-0.3, -0.25) is 4.98 Å². The number of halogens is 2. The molecule has 0 amide bonds. The van der Waals surface area contributed by atoms with Gasteiger partial charge < -0.3 is 5.32 Å². The second kappa shape index (κ2) is 5.45. The molecule has 1 atom stereocenters. The topological polar surface area (TPSA) is 24.9 Å². The fraction of sp³-hybridized carbons (Fsp3) is 0.267. The van der Waals surface area contributed by atoms with E-state index < -0.39 is 17.7 Å². The molecule has 1 N–H and O–H groups in total. The highest BCUT2D eigenvalue weighted by molar-refractivity contribution is 5.35. The van der Waals surface area contributed by atoms with E-state index in [4.69, 9.17) is 0 Å². The van der Waals surface area contributed by atoms with Crippen molar-refractivity contribution in [3.63, 3.8) is 0 Å². The largest absolute Gasteiger partial charge is 0.308 e. The molecule has 0 aliphatic carbocycles. The normalized spacial score (nSPS) is 12.5. The molecule has 0 saturated heterocycles. The standard InChI is InChI=1S/C15H16F2N2/c1-9-7-10(2)14(19-8-9)15(18-3)13-11(16)5-4-6-12(13)17/h4-8,15,18H,1-3H3. The molecule has 2 nitrogen and oxygen atoms in total. The van der Waals surface area contributed by atoms with Crippen LogP contribution in [0.15, 0.2) is 30.5 Å². The van der Waals surface area contributed by atoms with Crippen LogP contribution in [-0.4, -0.2) is 12.0 Å². The van der Waals surface area contributed by atoms with Crippen LogP contribution >= 0.6 is 0 Å². The lowest BCUT2D eigenvalue weighted by Gasteiger charge is -2.19. The molecule has 0 fully saturated rings. The number of benzene rings is 1. The first kappa shape index (κ1) is 13.6. The summed E-state index contributed by atoms with van der Waals surface area (Å²) in [5.74, 6) is -1.14. The molecule has 0 saturated carbocycles. The molecular formula is C15H16F2N2. The Balaban J connectivity index is 2.56. The summed E-state index contributed by atoms with van der Waals surface area (Å²) in [4.78, 5) is 4.31. The molecule has 2 aromatic rings. The number of pyridine rings is 1. The molecule has 1 unspecified atom stereocenters. The molecule has 0 spiro atoms. The minimum absolute atomic E-state index is 0.00412. The summed E-state index contributed by atoms with van der Waals surface area (Å²) < 4.78 is 27.8. The lowest BCUT2D eigenvalue weighted by Crippen LogP contribution is -2.22. The van der Waals surface area contributed by atoms with Gasteiger partial charge in [-0.15, -0.1) is 0 Å². The zero-order valence-electron chi connectivity index (χ0n) is 11.2. The van der Waals surface area contributed by atoms with Gasteiger partial charge in [-0.2, -0.15) is 0 Å². The van der Waals surface area contributed by atoms with Gasteiger partial charge in [0.15, 0.2) is 0 Å². The molecule has 2 rings (SSSR count). The molecule has 100 valence electrons. The summed E-state index contributed by atoms with van der Waals surface area (Å²) in [6.07, 6.45) is 1.70. The Morgan fingerprint density at radius 3 is 2.32 bits per heavy atom. The van der Waals surface area contributed by atoms with Gasteiger partial charge >= 0.3 is 0 Å². The van der Waals surface area contributed by atoms with E-state index in [1.165, 1.54) is 18.2 Å². The molecule has 1 heterocycles. The van der Waals surface area contributed by atoms with Crippen LogP contribution in [0, 0.1) is 25.5 Å². The van der Waals surface area contributed by atoms with Crippen molar-refractivity contribution in [2.45, 2.75) is 19.9 Å². The van der Waals surface area contributed by atoms with E-state index in [9.17, 15) is 8.78 Å². The van der Waals surface area contributed by atoms with Crippen molar-refractivity contribution in [3.8, 4) is 0 Å². The fourth-order valence-electron chi connectivity index (χ4n) is 2.23. The third kappa shape index (κ3) is 2.63. The van der Waals surface area contributed by atoms with E-state index in [1.54, 1.807) is 13.2 Å². The zero-order chi connectivity index (χ0) is 14.0. The lowest BCUT2D eigenvalue weighted by molar-refractivity contribution is 0.516. The number of rotatable bonds is 3. The van der Waals surface area contributed by atoms with Crippen molar-refractivity contribution in [1.29, 1.82) is 0 Å². The Morgan fingerprint density at radius 1 is 1.16 bits per heavy atom. The predicted octanol–water partition coefficient (Wildman–Crippen LogP) is 3.29. The van der Waals surface area contributed by atoms with E-state index in [2.05, 4.69) is 10.3 Å². The first-order valence-corrected chi connectivity index (χ1v) is 6.09. The second-order valence-electron chi connectivity index (χ2n) is 4.57. The van der Waals surface area contributed by atoms with Crippen LogP contribution in [0.1, 0.15) is 28.4 Å². The molecule has 0 bridgehead atoms. The molecular weight excluding hydrogens is 246 g/mol. The van der Waals surface area contributed by atoms with Gasteiger partial charge in [-0.1, -0.05) is 12.1 Å². The van der Waals surface area contributed by atoms with Crippen molar-refractivity contribution in [3.05, 3.63) is 64.5 Å². The smallest absolute Gasteiger partial charge is 0.131 e. The number of aryl methyl sites for hydroxylation is 2. The Morgan fingerprint density at radius 2 is 1.79 bits per heavy atom. The first-order valence-electron chi connectivity index (χ1n) is 6.09. The zero-order valence-corrected chi connectivity index (χ0v) is 11.2. The van der Waals surface area contributed by atoms with Crippen LogP contribution in [0.2, 0.25) is 0 Å². The molecule has 0 aliphatic heterocycles. The summed E-state index contributed by atoms with van der Waals surface area (Å²) >= 11 is 0. The Kier molecular flexibility index (Phi) is 3.90. The number of hydrogen-bond donors (Lipinski definition) is 1. The number of nitrogens with one attached hydrogen (secondary N) is 1. The van der Waals surface area contributed by atoms with Crippen molar-refractivity contribution in [1.82, 2.24) is 10.3 Å². The van der Waals surface area contributed by atoms with Crippen LogP contribution in [0.5, 0.6) is 0 Å². The van der Waals surface area contributed by atoms with Gasteiger partial charge in [0.05, 0.1) is 11.7 Å². The Bertz CT molecular complexity index is 576. The summed E-state index contributed by atoms with van der Waals surface area (Å²) in [5, 5.41) is 2.93. The van der Waals surface area contributed by atoms with Gasteiger partial charge in [-0.25, -0.2) is 8.78 Å². The number of hydrogen-bond acceptors (Lipinski definition) is 2. The average Bonchev–Trinajstić information content (AvgIpc) is 2.35. The van der Waals surface area contributed by atoms with E-state index in [0.29, 0.717) is 5.69 Å². The SMILES string of the molecule is CNC(c1ncc(C)cc1C)c1c(F)cccc1F. The summed E-state index contributed by atoms with van der Waals surface area (Å²) in [6, 6.07) is 5.22. The molecule has 0 radical (unpaired) electrons. The van der Waals surface area contributed by atoms with Crippen LogP contribution in [0.3, 0.4) is 0 Å². The van der Waals surface area contributed by atoms with Crippen LogP contribution in [0.4, 0.5) is 8.78 Å². The van der Waals surface area contributed by atoms with Gasteiger partial charge in [0.2, 0.25) is 0 Å². The Hall–Kier alpha value is -1.81. The molecule has 19 heavy (non-hydrogen) atoms. The van der Waals surface area contributed by atoms with Crippen LogP contribution in [-0.2, 0) is 0 Å². The predicted molar refractivity (Wildman–Crippen MR) is 71.0 cm³/mol. The lowest BCUT2D eigenvalue weighted by atomic mass is 9.98. The van der Waals surface area contributed by atoms with Gasteiger partial charge in [-0.05, 0) is 44.2 Å². The maximum absolute atomic E-state index is 13.9. The monoisotopic (exact) mass is 262 g/mol. The third-order valence-electron chi connectivity index (χ3n) is 3.11. The molecule has 0 aliphatic rings. The molecule has 4 heteroatoms. The highest BCUT2D eigenvalue weighted by Gasteiger charge is 2.22. The van der Waals surface area contributed by atoms with Crippen molar-refractivity contribution < 1.29 is 8.78 Å². The Labute approximate surface area is 111 Å². The van der Waals surface area contributed by atoms with Gasteiger partial charge in [0.25, 0.3) is 0 Å². The van der Waals surface area contributed by atoms with Gasteiger partial charge in [0, 0.05) is 11.8 Å². The van der Waals surface area contributed by atoms with E-state index in [0.717, 1.165) is 11.1 Å². The van der Waals surface area contributed by atoms with Crippen molar-refractivity contribution in [2.24, 2.45) is 0 Å². The molecule has 1 aromatic heterocycles. The highest BCUT2D eigenvalue weighted by atomic mass is 19.1. The number of nitrogens with zero attached hydrogens (tertiary/aromatic N) is 1. The van der Waals surface area contributed by atoms with Crippen molar-refractivity contribution in [2.75, 3.05) is 7.05 Å². The first-order chi connectivity index (χ1) is 9.04.